The Morgan fingerprint density at radius 1 is 0.925 bits per heavy atom. The first-order valence-electron chi connectivity index (χ1n) is 13.3. The second-order valence-corrected chi connectivity index (χ2v) is 9.57. The van der Waals surface area contributed by atoms with Crippen LogP contribution < -0.4 is 25.2 Å². The largest absolute Gasteiger partial charge is 0.497 e. The summed E-state index contributed by atoms with van der Waals surface area (Å²) in [6.45, 7) is 1.97. The molecule has 1 N–H and O–H groups in total. The van der Waals surface area contributed by atoms with Gasteiger partial charge in [-0.2, -0.15) is 5.10 Å². The molecule has 2 aromatic carbocycles. The Hall–Kier alpha value is -4.73. The molecule has 1 atom stereocenters. The fourth-order valence-electron chi connectivity index (χ4n) is 4.79. The summed E-state index contributed by atoms with van der Waals surface area (Å²) in [7, 11) is 3.25. The van der Waals surface area contributed by atoms with Crippen molar-refractivity contribution in [3.05, 3.63) is 83.4 Å². The Balaban J connectivity index is 1.19. The summed E-state index contributed by atoms with van der Waals surface area (Å²) in [6.07, 6.45) is 3.23. The Morgan fingerprint density at radius 2 is 1.60 bits per heavy atom. The van der Waals surface area contributed by atoms with Crippen LogP contribution in [-0.4, -0.2) is 59.5 Å². The van der Waals surface area contributed by atoms with Gasteiger partial charge in [0.05, 0.1) is 38.1 Å². The summed E-state index contributed by atoms with van der Waals surface area (Å²) in [4.78, 5) is 36.5. The highest BCUT2D eigenvalue weighted by atomic mass is 16.5. The van der Waals surface area contributed by atoms with Gasteiger partial charge >= 0.3 is 0 Å². The van der Waals surface area contributed by atoms with Crippen LogP contribution in [0.4, 0.5) is 5.82 Å². The molecule has 1 aliphatic heterocycles. The third kappa shape index (κ3) is 6.28. The number of ether oxygens (including phenoxy) is 2. The summed E-state index contributed by atoms with van der Waals surface area (Å²) >= 11 is 0. The third-order valence-electron chi connectivity index (χ3n) is 7.03. The van der Waals surface area contributed by atoms with E-state index in [1.807, 2.05) is 54.6 Å². The molecule has 1 fully saturated rings. The predicted molar refractivity (Wildman–Crippen MR) is 152 cm³/mol. The van der Waals surface area contributed by atoms with Crippen molar-refractivity contribution in [1.82, 2.24) is 25.1 Å². The molecule has 2 aromatic heterocycles. The van der Waals surface area contributed by atoms with Crippen LogP contribution in [0.2, 0.25) is 0 Å². The standard InChI is InChI=1S/C30H32N6O4/c1-39-24-9-5-21(6-10-24)26-13-14-29(37)36(34-26)17-15-31-30(38)23-4-3-16-35(19-23)28-18-27(32-20-33-28)22-7-11-25(40-2)12-8-22/h5-14,18,20,23H,3-4,15-17,19H2,1-2H3,(H,31,38). The van der Waals surface area contributed by atoms with E-state index < -0.39 is 0 Å². The lowest BCUT2D eigenvalue weighted by Gasteiger charge is -2.33. The number of amides is 1. The lowest BCUT2D eigenvalue weighted by Crippen LogP contribution is -2.44. The van der Waals surface area contributed by atoms with Crippen molar-refractivity contribution in [2.45, 2.75) is 19.4 Å². The number of piperidine rings is 1. The number of benzene rings is 2. The third-order valence-corrected chi connectivity index (χ3v) is 7.03. The predicted octanol–water partition coefficient (Wildman–Crippen LogP) is 3.42. The van der Waals surface area contributed by atoms with Gasteiger partial charge in [0.1, 0.15) is 23.6 Å². The van der Waals surface area contributed by atoms with Gasteiger partial charge in [0.25, 0.3) is 5.56 Å². The van der Waals surface area contributed by atoms with Crippen molar-refractivity contribution in [1.29, 1.82) is 0 Å². The minimum atomic E-state index is -0.216. The van der Waals surface area contributed by atoms with Gasteiger partial charge in [-0.1, -0.05) is 0 Å². The maximum atomic E-state index is 13.0. The maximum absolute atomic E-state index is 13.0. The van der Waals surface area contributed by atoms with Crippen molar-refractivity contribution in [3.63, 3.8) is 0 Å². The number of anilines is 1. The number of nitrogens with zero attached hydrogens (tertiary/aromatic N) is 5. The Morgan fingerprint density at radius 3 is 2.27 bits per heavy atom. The molecule has 1 unspecified atom stereocenters. The summed E-state index contributed by atoms with van der Waals surface area (Å²) in [5.74, 6) is 2.12. The van der Waals surface area contributed by atoms with Gasteiger partial charge in [-0.05, 0) is 67.4 Å². The minimum absolute atomic E-state index is 0.0338. The lowest BCUT2D eigenvalue weighted by atomic mass is 9.97. The molecule has 206 valence electrons. The molecular weight excluding hydrogens is 508 g/mol. The monoisotopic (exact) mass is 540 g/mol. The Labute approximate surface area is 232 Å². The summed E-state index contributed by atoms with van der Waals surface area (Å²) in [6, 6.07) is 20.4. The fraction of sp³-hybridized carbons (Fsp3) is 0.300. The molecule has 1 aliphatic rings. The highest BCUT2D eigenvalue weighted by Crippen LogP contribution is 2.26. The van der Waals surface area contributed by atoms with Gasteiger partial charge in [-0.15, -0.1) is 0 Å². The SMILES string of the molecule is COc1ccc(-c2cc(N3CCCC(C(=O)NCCn4nc(-c5ccc(OC)cc5)ccc4=O)C3)ncn2)cc1. The first kappa shape index (κ1) is 26.9. The average molecular weight is 541 g/mol. The Kier molecular flexibility index (Phi) is 8.34. The lowest BCUT2D eigenvalue weighted by molar-refractivity contribution is -0.125. The zero-order chi connectivity index (χ0) is 27.9. The first-order chi connectivity index (χ1) is 19.5. The molecule has 10 nitrogen and oxygen atoms in total. The van der Waals surface area contributed by atoms with Crippen LogP contribution in [0.5, 0.6) is 11.5 Å². The number of rotatable bonds is 9. The van der Waals surface area contributed by atoms with Gasteiger partial charge < -0.3 is 19.7 Å². The molecule has 40 heavy (non-hydrogen) atoms. The number of nitrogens with one attached hydrogen (secondary N) is 1. The van der Waals surface area contributed by atoms with Gasteiger partial charge in [0.2, 0.25) is 5.91 Å². The van der Waals surface area contributed by atoms with Gasteiger partial charge in [-0.3, -0.25) is 9.59 Å². The van der Waals surface area contributed by atoms with E-state index in [-0.39, 0.29) is 23.9 Å². The van der Waals surface area contributed by atoms with Crippen LogP contribution in [0.25, 0.3) is 22.5 Å². The van der Waals surface area contributed by atoms with Crippen molar-refractivity contribution in [3.8, 4) is 34.0 Å². The molecule has 10 heteroatoms. The second kappa shape index (κ2) is 12.4. The van der Waals surface area contributed by atoms with Gasteiger partial charge in [0.15, 0.2) is 0 Å². The van der Waals surface area contributed by atoms with Crippen LogP contribution >= 0.6 is 0 Å². The van der Waals surface area contributed by atoms with Crippen LogP contribution in [0.1, 0.15) is 12.8 Å². The summed E-state index contributed by atoms with van der Waals surface area (Å²) < 4.78 is 11.8. The van der Waals surface area contributed by atoms with Crippen molar-refractivity contribution in [2.75, 3.05) is 38.8 Å². The van der Waals surface area contributed by atoms with E-state index in [2.05, 4.69) is 25.3 Å². The molecule has 5 rings (SSSR count). The molecule has 1 saturated heterocycles. The summed E-state index contributed by atoms with van der Waals surface area (Å²) in [5, 5.41) is 7.48. The highest BCUT2D eigenvalue weighted by molar-refractivity contribution is 5.79. The van der Waals surface area contributed by atoms with Crippen LogP contribution in [0.15, 0.2) is 77.9 Å². The number of methoxy groups -OCH3 is 2. The van der Waals surface area contributed by atoms with Crippen molar-refractivity contribution >= 4 is 11.7 Å². The fourth-order valence-corrected chi connectivity index (χ4v) is 4.79. The van der Waals surface area contributed by atoms with Crippen molar-refractivity contribution < 1.29 is 14.3 Å². The molecule has 0 radical (unpaired) electrons. The van der Waals surface area contributed by atoms with E-state index >= 15 is 0 Å². The minimum Gasteiger partial charge on any atom is -0.497 e. The number of carbonyl (C=O) groups is 1. The topological polar surface area (TPSA) is 111 Å². The molecule has 1 amide bonds. The number of aromatic nitrogens is 4. The van der Waals surface area contributed by atoms with E-state index in [9.17, 15) is 9.59 Å². The average Bonchev–Trinajstić information content (AvgIpc) is 3.02. The van der Waals surface area contributed by atoms with E-state index in [1.165, 1.54) is 10.7 Å². The second-order valence-electron chi connectivity index (χ2n) is 9.57. The zero-order valence-electron chi connectivity index (χ0n) is 22.6. The summed E-state index contributed by atoms with van der Waals surface area (Å²) in [5.41, 5.74) is 3.12. The normalized spacial score (nSPS) is 14.9. The molecule has 4 aromatic rings. The molecule has 0 bridgehead atoms. The number of hydrogen-bond acceptors (Lipinski definition) is 8. The zero-order valence-corrected chi connectivity index (χ0v) is 22.6. The smallest absolute Gasteiger partial charge is 0.266 e. The molecule has 0 aliphatic carbocycles. The van der Waals surface area contributed by atoms with E-state index in [0.717, 1.165) is 53.5 Å². The molecule has 3 heterocycles. The maximum Gasteiger partial charge on any atom is 0.266 e. The van der Waals surface area contributed by atoms with E-state index in [1.54, 1.807) is 26.6 Å². The molecule has 0 saturated carbocycles. The molecular formula is C30H32N6O4. The van der Waals surface area contributed by atoms with Gasteiger partial charge in [0, 0.05) is 42.9 Å². The van der Waals surface area contributed by atoms with Crippen LogP contribution in [0, 0.1) is 5.92 Å². The van der Waals surface area contributed by atoms with Gasteiger partial charge in [-0.25, -0.2) is 14.6 Å². The quantitative estimate of drug-likeness (QED) is 0.344. The highest BCUT2D eigenvalue weighted by Gasteiger charge is 2.26. The van der Waals surface area contributed by atoms with Crippen molar-refractivity contribution in [2.24, 2.45) is 5.92 Å². The van der Waals surface area contributed by atoms with E-state index in [4.69, 9.17) is 9.47 Å². The Bertz CT molecular complexity index is 1500. The first-order valence-corrected chi connectivity index (χ1v) is 13.3. The van der Waals surface area contributed by atoms with Crippen LogP contribution in [-0.2, 0) is 11.3 Å². The number of hydrogen-bond donors (Lipinski definition) is 1. The number of carbonyl (C=O) groups excluding carboxylic acids is 1. The van der Waals surface area contributed by atoms with Crippen LogP contribution in [0.3, 0.4) is 0 Å². The molecule has 0 spiro atoms. The van der Waals surface area contributed by atoms with E-state index in [0.29, 0.717) is 18.8 Å².